The van der Waals surface area contributed by atoms with E-state index in [0.717, 1.165) is 4.90 Å². The second kappa shape index (κ2) is 6.77. The van der Waals surface area contributed by atoms with Gasteiger partial charge in [-0.15, -0.1) is 11.8 Å². The van der Waals surface area contributed by atoms with Crippen molar-refractivity contribution in [2.45, 2.75) is 24.0 Å². The molecule has 1 unspecified atom stereocenters. The van der Waals surface area contributed by atoms with Gasteiger partial charge in [0.1, 0.15) is 5.82 Å². The van der Waals surface area contributed by atoms with Gasteiger partial charge in [-0.2, -0.15) is 0 Å². The fraction of sp³-hybridized carbons (Fsp3) is 0.200. The molecule has 0 radical (unpaired) electrons. The number of carbonyl (C=O) groups is 1. The highest BCUT2D eigenvalue weighted by atomic mass is 35.5. The molecule has 1 N–H and O–H groups in total. The number of hydrogen-bond acceptors (Lipinski definition) is 3. The number of thioether (sulfide) groups is 1. The molecule has 104 valence electrons. The minimum absolute atomic E-state index is 0.0759. The molecule has 0 saturated carbocycles. The van der Waals surface area contributed by atoms with E-state index in [2.05, 4.69) is 10.3 Å². The van der Waals surface area contributed by atoms with E-state index in [0.29, 0.717) is 10.8 Å². The molecule has 5 heteroatoms. The normalized spacial score (nSPS) is 11.9. The molecule has 20 heavy (non-hydrogen) atoms. The zero-order chi connectivity index (χ0) is 14.5. The van der Waals surface area contributed by atoms with Gasteiger partial charge < -0.3 is 5.32 Å². The summed E-state index contributed by atoms with van der Waals surface area (Å²) in [5.41, 5.74) is 1.17. The molecule has 0 bridgehead atoms. The summed E-state index contributed by atoms with van der Waals surface area (Å²) in [6, 6.07) is 11.4. The predicted octanol–water partition coefficient (Wildman–Crippen LogP) is 4.16. The number of halogens is 1. The van der Waals surface area contributed by atoms with Crippen molar-refractivity contribution in [1.29, 1.82) is 0 Å². The molecule has 1 aromatic carbocycles. The number of hydrogen-bond donors (Lipinski definition) is 1. The first-order valence-electron chi connectivity index (χ1n) is 6.21. The Morgan fingerprint density at radius 1 is 1.30 bits per heavy atom. The quantitative estimate of drug-likeness (QED) is 0.862. The fourth-order valence-corrected chi connectivity index (χ4v) is 2.68. The van der Waals surface area contributed by atoms with Gasteiger partial charge in [-0.05, 0) is 37.6 Å². The Hall–Kier alpha value is -1.52. The Kier molecular flexibility index (Phi) is 5.04. The SMILES string of the molecule is Cc1ccccc1SC(C)C(=O)Nc1ccc(Cl)cn1. The monoisotopic (exact) mass is 306 g/mol. The van der Waals surface area contributed by atoms with Crippen LogP contribution in [0.2, 0.25) is 5.02 Å². The molecule has 0 aliphatic heterocycles. The van der Waals surface area contributed by atoms with Gasteiger partial charge in [0.2, 0.25) is 5.91 Å². The van der Waals surface area contributed by atoms with E-state index in [1.165, 1.54) is 23.5 Å². The lowest BCUT2D eigenvalue weighted by Crippen LogP contribution is -2.22. The summed E-state index contributed by atoms with van der Waals surface area (Å²) in [5, 5.41) is 3.13. The molecule has 1 amide bonds. The standard InChI is InChI=1S/C15H15ClN2OS/c1-10-5-3-4-6-13(10)20-11(2)15(19)18-14-8-7-12(16)9-17-14/h3-9,11H,1-2H3,(H,17,18,19). The maximum atomic E-state index is 12.1. The first-order valence-corrected chi connectivity index (χ1v) is 7.47. The molecule has 1 atom stereocenters. The fourth-order valence-electron chi connectivity index (χ4n) is 1.61. The number of nitrogens with zero attached hydrogens (tertiary/aromatic N) is 1. The Bertz CT molecular complexity index is 601. The smallest absolute Gasteiger partial charge is 0.238 e. The van der Waals surface area contributed by atoms with Crippen molar-refractivity contribution < 1.29 is 4.79 Å². The van der Waals surface area contributed by atoms with Gasteiger partial charge in [0.25, 0.3) is 0 Å². The van der Waals surface area contributed by atoms with Crippen LogP contribution in [0.15, 0.2) is 47.5 Å². The number of benzene rings is 1. The molecule has 3 nitrogen and oxygen atoms in total. The van der Waals surface area contributed by atoms with Crippen LogP contribution in [0.25, 0.3) is 0 Å². The average molecular weight is 307 g/mol. The van der Waals surface area contributed by atoms with E-state index in [1.54, 1.807) is 12.1 Å². The van der Waals surface area contributed by atoms with Crippen LogP contribution in [0.5, 0.6) is 0 Å². The third-order valence-electron chi connectivity index (χ3n) is 2.75. The number of nitrogens with one attached hydrogen (secondary N) is 1. The van der Waals surface area contributed by atoms with Crippen LogP contribution in [-0.2, 0) is 4.79 Å². The summed E-state index contributed by atoms with van der Waals surface area (Å²) in [6.07, 6.45) is 1.51. The lowest BCUT2D eigenvalue weighted by molar-refractivity contribution is -0.115. The average Bonchev–Trinajstić information content (AvgIpc) is 2.44. The van der Waals surface area contributed by atoms with Crippen molar-refractivity contribution in [3.63, 3.8) is 0 Å². The molecular formula is C15H15ClN2OS. The van der Waals surface area contributed by atoms with Crippen molar-refractivity contribution in [2.24, 2.45) is 0 Å². The molecule has 2 rings (SSSR count). The van der Waals surface area contributed by atoms with Gasteiger partial charge in [-0.1, -0.05) is 29.8 Å². The van der Waals surface area contributed by atoms with Crippen LogP contribution in [-0.4, -0.2) is 16.1 Å². The highest BCUT2D eigenvalue weighted by Crippen LogP contribution is 2.26. The van der Waals surface area contributed by atoms with E-state index >= 15 is 0 Å². The number of rotatable bonds is 4. The summed E-state index contributed by atoms with van der Waals surface area (Å²) in [6.45, 7) is 3.91. The summed E-state index contributed by atoms with van der Waals surface area (Å²) >= 11 is 7.29. The van der Waals surface area contributed by atoms with E-state index in [9.17, 15) is 4.79 Å². The molecule has 0 saturated heterocycles. The van der Waals surface area contributed by atoms with Gasteiger partial charge in [0, 0.05) is 11.1 Å². The third-order valence-corrected chi connectivity index (χ3v) is 4.25. The van der Waals surface area contributed by atoms with Crippen LogP contribution < -0.4 is 5.32 Å². The number of amides is 1. The summed E-state index contributed by atoms with van der Waals surface area (Å²) in [4.78, 5) is 17.3. The Labute approximate surface area is 127 Å². The van der Waals surface area contributed by atoms with E-state index in [1.807, 2.05) is 38.1 Å². The van der Waals surface area contributed by atoms with Crippen LogP contribution >= 0.6 is 23.4 Å². The number of aromatic nitrogens is 1. The van der Waals surface area contributed by atoms with E-state index in [-0.39, 0.29) is 11.2 Å². The number of aryl methyl sites for hydroxylation is 1. The minimum Gasteiger partial charge on any atom is -0.310 e. The Morgan fingerprint density at radius 3 is 2.70 bits per heavy atom. The largest absolute Gasteiger partial charge is 0.310 e. The molecule has 0 aliphatic carbocycles. The summed E-state index contributed by atoms with van der Waals surface area (Å²) in [5.74, 6) is 0.435. The zero-order valence-corrected chi connectivity index (χ0v) is 12.8. The van der Waals surface area contributed by atoms with Gasteiger partial charge in [0.15, 0.2) is 0 Å². The maximum absolute atomic E-state index is 12.1. The second-order valence-corrected chi connectivity index (χ2v) is 6.20. The van der Waals surface area contributed by atoms with Crippen LogP contribution in [0.4, 0.5) is 5.82 Å². The van der Waals surface area contributed by atoms with Gasteiger partial charge >= 0.3 is 0 Å². The molecule has 1 heterocycles. The van der Waals surface area contributed by atoms with Crippen molar-refractivity contribution in [3.05, 3.63) is 53.2 Å². The van der Waals surface area contributed by atoms with Crippen LogP contribution in [0.3, 0.4) is 0 Å². The lowest BCUT2D eigenvalue weighted by atomic mass is 10.2. The molecule has 0 fully saturated rings. The van der Waals surface area contributed by atoms with E-state index < -0.39 is 0 Å². The molecule has 1 aromatic heterocycles. The maximum Gasteiger partial charge on any atom is 0.238 e. The van der Waals surface area contributed by atoms with Gasteiger partial charge in [0.05, 0.1) is 10.3 Å². The second-order valence-electron chi connectivity index (χ2n) is 4.38. The zero-order valence-electron chi connectivity index (χ0n) is 11.3. The van der Waals surface area contributed by atoms with Crippen LogP contribution in [0, 0.1) is 6.92 Å². The van der Waals surface area contributed by atoms with Crippen LogP contribution in [0.1, 0.15) is 12.5 Å². The first-order chi connectivity index (χ1) is 9.56. The number of anilines is 1. The van der Waals surface area contributed by atoms with Crippen molar-refractivity contribution >= 4 is 35.1 Å². The first kappa shape index (κ1) is 14.9. The van der Waals surface area contributed by atoms with Crippen molar-refractivity contribution in [3.8, 4) is 0 Å². The molecule has 2 aromatic rings. The molecular weight excluding hydrogens is 292 g/mol. The number of carbonyl (C=O) groups excluding carboxylic acids is 1. The highest BCUT2D eigenvalue weighted by Gasteiger charge is 2.15. The highest BCUT2D eigenvalue weighted by molar-refractivity contribution is 8.00. The molecule has 0 aliphatic rings. The topological polar surface area (TPSA) is 42.0 Å². The minimum atomic E-state index is -0.200. The lowest BCUT2D eigenvalue weighted by Gasteiger charge is -2.12. The van der Waals surface area contributed by atoms with Crippen molar-refractivity contribution in [2.75, 3.05) is 5.32 Å². The third kappa shape index (κ3) is 3.99. The van der Waals surface area contributed by atoms with E-state index in [4.69, 9.17) is 11.6 Å². The Morgan fingerprint density at radius 2 is 2.05 bits per heavy atom. The van der Waals surface area contributed by atoms with Gasteiger partial charge in [-0.25, -0.2) is 4.98 Å². The Balaban J connectivity index is 1.99. The predicted molar refractivity (Wildman–Crippen MR) is 84.4 cm³/mol. The van der Waals surface area contributed by atoms with Gasteiger partial charge in [-0.3, -0.25) is 4.79 Å². The molecule has 0 spiro atoms. The summed E-state index contributed by atoms with van der Waals surface area (Å²) in [7, 11) is 0. The number of pyridine rings is 1. The van der Waals surface area contributed by atoms with Crippen molar-refractivity contribution in [1.82, 2.24) is 4.98 Å². The summed E-state index contributed by atoms with van der Waals surface area (Å²) < 4.78 is 0.